The maximum Gasteiger partial charge on any atom is 0.351 e. The van der Waals surface area contributed by atoms with Crippen molar-refractivity contribution < 1.29 is 0 Å². The first kappa shape index (κ1) is 13.4. The highest BCUT2D eigenvalue weighted by Crippen LogP contribution is 2.08. The van der Waals surface area contributed by atoms with E-state index in [0.29, 0.717) is 22.4 Å². The summed E-state index contributed by atoms with van der Waals surface area (Å²) in [6.07, 6.45) is 6.02. The van der Waals surface area contributed by atoms with Crippen LogP contribution in [0.4, 0.5) is 0 Å². The lowest BCUT2D eigenvalue weighted by Crippen LogP contribution is -2.44. The summed E-state index contributed by atoms with van der Waals surface area (Å²) in [5, 5.41) is 0. The zero-order chi connectivity index (χ0) is 14.0. The summed E-state index contributed by atoms with van der Waals surface area (Å²) >= 11 is 0. The number of rotatable bonds is 5. The number of aryl methyl sites for hydroxylation is 2. The second-order valence-electron chi connectivity index (χ2n) is 4.69. The minimum Gasteiger partial charge on any atom is -0.332 e. The number of nitrogen functional groups attached to an aromatic ring is 1. The molecular formula is C12H19N5O2. The smallest absolute Gasteiger partial charge is 0.332 e. The van der Waals surface area contributed by atoms with Crippen molar-refractivity contribution in [1.82, 2.24) is 18.8 Å². The standard InChI is InChI=1S/C12H19N5O2/c1-3-4-5-6-7-16-8-14-10-9(16)11(18)17(13)12(19)15(10)2/h8H,3-7,13H2,1-2H3. The molecule has 0 saturated carbocycles. The zero-order valence-corrected chi connectivity index (χ0v) is 11.3. The number of nitrogens with two attached hydrogens (primary N) is 1. The first-order chi connectivity index (χ1) is 9.07. The van der Waals surface area contributed by atoms with E-state index in [-0.39, 0.29) is 0 Å². The molecule has 0 aromatic carbocycles. The van der Waals surface area contributed by atoms with E-state index in [1.54, 1.807) is 17.9 Å². The van der Waals surface area contributed by atoms with Gasteiger partial charge in [0, 0.05) is 13.6 Å². The Morgan fingerprint density at radius 3 is 2.68 bits per heavy atom. The van der Waals surface area contributed by atoms with Crippen LogP contribution in [-0.2, 0) is 13.6 Å². The highest BCUT2D eigenvalue weighted by atomic mass is 16.2. The molecule has 2 N–H and O–H groups in total. The lowest BCUT2D eigenvalue weighted by atomic mass is 10.2. The van der Waals surface area contributed by atoms with Crippen molar-refractivity contribution >= 4 is 11.2 Å². The van der Waals surface area contributed by atoms with Crippen molar-refractivity contribution in [2.45, 2.75) is 39.2 Å². The third-order valence-electron chi connectivity index (χ3n) is 3.30. The minimum atomic E-state index is -0.561. The van der Waals surface area contributed by atoms with E-state index in [1.807, 2.05) is 0 Å². The van der Waals surface area contributed by atoms with Gasteiger partial charge >= 0.3 is 11.2 Å². The number of imidazole rings is 1. The van der Waals surface area contributed by atoms with Gasteiger partial charge < -0.3 is 10.4 Å². The van der Waals surface area contributed by atoms with Gasteiger partial charge in [-0.25, -0.2) is 9.78 Å². The fourth-order valence-corrected chi connectivity index (χ4v) is 2.17. The average molecular weight is 265 g/mol. The quantitative estimate of drug-likeness (QED) is 0.617. The lowest BCUT2D eigenvalue weighted by Gasteiger charge is -2.06. The zero-order valence-electron chi connectivity index (χ0n) is 11.3. The third-order valence-corrected chi connectivity index (χ3v) is 3.30. The minimum absolute atomic E-state index is 0.382. The molecule has 2 heterocycles. The fraction of sp³-hybridized carbons (Fsp3) is 0.583. The summed E-state index contributed by atoms with van der Waals surface area (Å²) in [5.41, 5.74) is -0.284. The third kappa shape index (κ3) is 2.27. The Labute approximate surface area is 110 Å². The van der Waals surface area contributed by atoms with Crippen molar-refractivity contribution in [3.05, 3.63) is 27.2 Å². The van der Waals surface area contributed by atoms with Gasteiger partial charge in [-0.05, 0) is 6.42 Å². The molecule has 0 bridgehead atoms. The highest BCUT2D eigenvalue weighted by Gasteiger charge is 2.14. The molecule has 7 heteroatoms. The van der Waals surface area contributed by atoms with Gasteiger partial charge in [0.15, 0.2) is 11.2 Å². The van der Waals surface area contributed by atoms with Crippen LogP contribution in [0.25, 0.3) is 11.2 Å². The van der Waals surface area contributed by atoms with E-state index in [1.165, 1.54) is 11.0 Å². The van der Waals surface area contributed by atoms with Crippen LogP contribution >= 0.6 is 0 Å². The van der Waals surface area contributed by atoms with E-state index in [9.17, 15) is 9.59 Å². The second kappa shape index (κ2) is 5.29. The van der Waals surface area contributed by atoms with E-state index in [2.05, 4.69) is 11.9 Å². The van der Waals surface area contributed by atoms with E-state index in [0.717, 1.165) is 19.3 Å². The van der Waals surface area contributed by atoms with Crippen LogP contribution in [0.5, 0.6) is 0 Å². The number of hydrogen-bond acceptors (Lipinski definition) is 4. The molecule has 0 radical (unpaired) electrons. The molecule has 0 amide bonds. The molecule has 0 spiro atoms. The van der Waals surface area contributed by atoms with Gasteiger partial charge in [0.25, 0.3) is 0 Å². The summed E-state index contributed by atoms with van der Waals surface area (Å²) in [5.74, 6) is 5.48. The first-order valence-corrected chi connectivity index (χ1v) is 6.50. The predicted octanol–water partition coefficient (Wildman–Crippen LogP) is 0.191. The van der Waals surface area contributed by atoms with Crippen LogP contribution in [0, 0.1) is 0 Å². The summed E-state index contributed by atoms with van der Waals surface area (Å²) < 4.78 is 3.70. The SMILES string of the molecule is CCCCCCn1cnc2c1c(=O)n(N)c(=O)n2C. The summed E-state index contributed by atoms with van der Waals surface area (Å²) in [7, 11) is 1.56. The molecule has 19 heavy (non-hydrogen) atoms. The molecule has 0 unspecified atom stereocenters. The van der Waals surface area contributed by atoms with Crippen molar-refractivity contribution in [1.29, 1.82) is 0 Å². The van der Waals surface area contributed by atoms with Crippen molar-refractivity contribution in [2.24, 2.45) is 7.05 Å². The fourth-order valence-electron chi connectivity index (χ4n) is 2.17. The number of fused-ring (bicyclic) bond motifs is 1. The number of nitrogens with zero attached hydrogens (tertiary/aromatic N) is 4. The second-order valence-corrected chi connectivity index (χ2v) is 4.69. The maximum atomic E-state index is 12.0. The van der Waals surface area contributed by atoms with Gasteiger partial charge in [0.1, 0.15) is 0 Å². The normalized spacial score (nSPS) is 11.3. The topological polar surface area (TPSA) is 87.8 Å². The molecule has 7 nitrogen and oxygen atoms in total. The summed E-state index contributed by atoms with van der Waals surface area (Å²) in [6, 6.07) is 0. The maximum absolute atomic E-state index is 12.0. The number of hydrogen-bond donors (Lipinski definition) is 1. The van der Waals surface area contributed by atoms with Crippen LogP contribution in [-0.4, -0.2) is 18.8 Å². The van der Waals surface area contributed by atoms with Crippen LogP contribution in [0.3, 0.4) is 0 Å². The number of unbranched alkanes of at least 4 members (excludes halogenated alkanes) is 3. The summed E-state index contributed by atoms with van der Waals surface area (Å²) in [6.45, 7) is 2.86. The van der Waals surface area contributed by atoms with Crippen molar-refractivity contribution in [3.8, 4) is 0 Å². The summed E-state index contributed by atoms with van der Waals surface area (Å²) in [4.78, 5) is 27.8. The molecule has 0 atom stereocenters. The van der Waals surface area contributed by atoms with E-state index >= 15 is 0 Å². The molecule has 0 saturated heterocycles. The lowest BCUT2D eigenvalue weighted by molar-refractivity contribution is 0.589. The molecular weight excluding hydrogens is 246 g/mol. The Hall–Kier alpha value is -2.05. The molecule has 2 aromatic rings. The largest absolute Gasteiger partial charge is 0.351 e. The first-order valence-electron chi connectivity index (χ1n) is 6.50. The van der Waals surface area contributed by atoms with Gasteiger partial charge in [0.05, 0.1) is 6.33 Å². The molecule has 0 aliphatic heterocycles. The van der Waals surface area contributed by atoms with Gasteiger partial charge in [-0.15, -0.1) is 0 Å². The van der Waals surface area contributed by atoms with Crippen LogP contribution in [0.2, 0.25) is 0 Å². The Morgan fingerprint density at radius 2 is 2.00 bits per heavy atom. The Kier molecular flexibility index (Phi) is 3.73. The Morgan fingerprint density at radius 1 is 1.26 bits per heavy atom. The van der Waals surface area contributed by atoms with Gasteiger partial charge in [-0.1, -0.05) is 26.2 Å². The van der Waals surface area contributed by atoms with Crippen molar-refractivity contribution in [2.75, 3.05) is 5.84 Å². The van der Waals surface area contributed by atoms with Gasteiger partial charge in [0.2, 0.25) is 0 Å². The van der Waals surface area contributed by atoms with E-state index in [4.69, 9.17) is 5.84 Å². The Balaban J connectivity index is 2.43. The van der Waals surface area contributed by atoms with E-state index < -0.39 is 11.2 Å². The monoisotopic (exact) mass is 265 g/mol. The molecule has 104 valence electrons. The average Bonchev–Trinajstić information content (AvgIpc) is 2.83. The number of aromatic nitrogens is 4. The van der Waals surface area contributed by atoms with Crippen LogP contribution < -0.4 is 17.1 Å². The molecule has 0 aliphatic carbocycles. The predicted molar refractivity (Wildman–Crippen MR) is 73.5 cm³/mol. The Bertz CT molecular complexity index is 694. The molecule has 2 rings (SSSR count). The molecule has 2 aromatic heterocycles. The van der Waals surface area contributed by atoms with Gasteiger partial charge in [-0.3, -0.25) is 9.36 Å². The highest BCUT2D eigenvalue weighted by molar-refractivity contribution is 5.69. The van der Waals surface area contributed by atoms with Crippen LogP contribution in [0.15, 0.2) is 15.9 Å². The molecule has 0 fully saturated rings. The van der Waals surface area contributed by atoms with Crippen LogP contribution in [0.1, 0.15) is 32.6 Å². The molecule has 0 aliphatic rings. The van der Waals surface area contributed by atoms with Gasteiger partial charge in [-0.2, -0.15) is 4.68 Å². The van der Waals surface area contributed by atoms with Crippen molar-refractivity contribution in [3.63, 3.8) is 0 Å².